The zero-order chi connectivity index (χ0) is 19.3. The SMILES string of the molecule is O=C(CCn1cnc2ccccc2c1=O)NCCN1CCc2ccccc2C1. The van der Waals surface area contributed by atoms with Gasteiger partial charge in [0.1, 0.15) is 0 Å². The predicted octanol–water partition coefficient (Wildman–Crippen LogP) is 1.96. The fourth-order valence-electron chi connectivity index (χ4n) is 3.67. The molecule has 0 fully saturated rings. The van der Waals surface area contributed by atoms with Crippen LogP contribution in [0.15, 0.2) is 59.7 Å². The third-order valence-corrected chi connectivity index (χ3v) is 5.27. The first kappa shape index (κ1) is 18.4. The lowest BCUT2D eigenvalue weighted by molar-refractivity contribution is -0.121. The number of carbonyl (C=O) groups excluding carboxylic acids is 1. The number of hydrogen-bond acceptors (Lipinski definition) is 4. The van der Waals surface area contributed by atoms with E-state index in [1.165, 1.54) is 22.0 Å². The summed E-state index contributed by atoms with van der Waals surface area (Å²) < 4.78 is 1.50. The summed E-state index contributed by atoms with van der Waals surface area (Å²) in [5.74, 6) is -0.0440. The summed E-state index contributed by atoms with van der Waals surface area (Å²) in [5, 5.41) is 3.54. The minimum Gasteiger partial charge on any atom is -0.355 e. The molecule has 144 valence electrons. The highest BCUT2D eigenvalue weighted by Gasteiger charge is 2.15. The number of rotatable bonds is 6. The first-order chi connectivity index (χ1) is 13.7. The van der Waals surface area contributed by atoms with Gasteiger partial charge in [-0.05, 0) is 29.7 Å². The number of para-hydroxylation sites is 1. The third kappa shape index (κ3) is 4.12. The van der Waals surface area contributed by atoms with E-state index in [2.05, 4.69) is 39.5 Å². The fraction of sp³-hybridized carbons (Fsp3) is 0.318. The van der Waals surface area contributed by atoms with Crippen molar-refractivity contribution in [2.75, 3.05) is 19.6 Å². The molecule has 3 aromatic rings. The Balaban J connectivity index is 1.25. The van der Waals surface area contributed by atoms with Crippen LogP contribution in [0.1, 0.15) is 17.5 Å². The van der Waals surface area contributed by atoms with Crippen molar-refractivity contribution in [3.8, 4) is 0 Å². The molecule has 0 radical (unpaired) electrons. The van der Waals surface area contributed by atoms with Crippen LogP contribution in [0.25, 0.3) is 10.9 Å². The van der Waals surface area contributed by atoms with Crippen LogP contribution in [0.5, 0.6) is 0 Å². The maximum atomic E-state index is 12.4. The number of amides is 1. The van der Waals surface area contributed by atoms with Crippen molar-refractivity contribution in [3.63, 3.8) is 0 Å². The second-order valence-electron chi connectivity index (χ2n) is 7.16. The quantitative estimate of drug-likeness (QED) is 0.714. The van der Waals surface area contributed by atoms with Crippen LogP contribution in [-0.2, 0) is 24.3 Å². The van der Waals surface area contributed by atoms with Gasteiger partial charge in [-0.25, -0.2) is 4.98 Å². The maximum absolute atomic E-state index is 12.4. The number of aromatic nitrogens is 2. The number of aryl methyl sites for hydroxylation is 1. The molecule has 28 heavy (non-hydrogen) atoms. The van der Waals surface area contributed by atoms with Gasteiger partial charge in [0.25, 0.3) is 5.56 Å². The first-order valence-electron chi connectivity index (χ1n) is 9.71. The molecule has 0 bridgehead atoms. The Morgan fingerprint density at radius 2 is 1.82 bits per heavy atom. The summed E-state index contributed by atoms with van der Waals surface area (Å²) in [6, 6.07) is 15.8. The Morgan fingerprint density at radius 3 is 2.71 bits per heavy atom. The van der Waals surface area contributed by atoms with Gasteiger partial charge in [-0.2, -0.15) is 0 Å². The molecule has 2 heterocycles. The number of benzene rings is 2. The average molecular weight is 376 g/mol. The van der Waals surface area contributed by atoms with E-state index in [-0.39, 0.29) is 17.9 Å². The molecule has 0 atom stereocenters. The Bertz CT molecular complexity index is 1040. The number of carbonyl (C=O) groups is 1. The van der Waals surface area contributed by atoms with Crippen molar-refractivity contribution in [1.82, 2.24) is 19.8 Å². The van der Waals surface area contributed by atoms with E-state index in [4.69, 9.17) is 0 Å². The average Bonchev–Trinajstić information content (AvgIpc) is 2.73. The van der Waals surface area contributed by atoms with Gasteiger partial charge in [-0.3, -0.25) is 19.1 Å². The van der Waals surface area contributed by atoms with Crippen molar-refractivity contribution in [1.29, 1.82) is 0 Å². The van der Waals surface area contributed by atoms with Crippen LogP contribution in [0.2, 0.25) is 0 Å². The Kier molecular flexibility index (Phi) is 5.48. The Labute approximate surface area is 163 Å². The molecule has 0 unspecified atom stereocenters. The number of nitrogens with zero attached hydrogens (tertiary/aromatic N) is 3. The highest BCUT2D eigenvalue weighted by Crippen LogP contribution is 2.17. The van der Waals surface area contributed by atoms with Crippen LogP contribution in [0.3, 0.4) is 0 Å². The molecular formula is C22H24N4O2. The van der Waals surface area contributed by atoms with Crippen molar-refractivity contribution >= 4 is 16.8 Å². The van der Waals surface area contributed by atoms with E-state index < -0.39 is 0 Å². The second-order valence-corrected chi connectivity index (χ2v) is 7.16. The normalized spacial score (nSPS) is 14.0. The summed E-state index contributed by atoms with van der Waals surface area (Å²) >= 11 is 0. The zero-order valence-corrected chi connectivity index (χ0v) is 15.8. The summed E-state index contributed by atoms with van der Waals surface area (Å²) in [6.07, 6.45) is 2.84. The first-order valence-corrected chi connectivity index (χ1v) is 9.71. The van der Waals surface area contributed by atoms with Crippen LogP contribution in [0, 0.1) is 0 Å². The highest BCUT2D eigenvalue weighted by molar-refractivity contribution is 5.77. The molecular weight excluding hydrogens is 352 g/mol. The number of nitrogens with one attached hydrogen (secondary N) is 1. The van der Waals surface area contributed by atoms with E-state index in [1.807, 2.05) is 18.2 Å². The molecule has 1 aromatic heterocycles. The standard InChI is InChI=1S/C22H24N4O2/c27-21(10-13-26-16-24-20-8-4-3-7-19(20)22(26)28)23-11-14-25-12-9-17-5-1-2-6-18(17)15-25/h1-8,16H,9-15H2,(H,23,27). The van der Waals surface area contributed by atoms with Gasteiger partial charge in [0.05, 0.1) is 17.2 Å². The van der Waals surface area contributed by atoms with E-state index >= 15 is 0 Å². The molecule has 0 saturated carbocycles. The zero-order valence-electron chi connectivity index (χ0n) is 15.8. The third-order valence-electron chi connectivity index (χ3n) is 5.27. The molecule has 1 aliphatic heterocycles. The van der Waals surface area contributed by atoms with E-state index in [9.17, 15) is 9.59 Å². The van der Waals surface area contributed by atoms with Gasteiger partial charge < -0.3 is 5.32 Å². The molecule has 2 aromatic carbocycles. The Hall–Kier alpha value is -2.99. The largest absolute Gasteiger partial charge is 0.355 e. The molecule has 1 aliphatic rings. The van der Waals surface area contributed by atoms with Crippen LogP contribution >= 0.6 is 0 Å². The van der Waals surface area contributed by atoms with Crippen LogP contribution in [0.4, 0.5) is 0 Å². The van der Waals surface area contributed by atoms with Crippen molar-refractivity contribution < 1.29 is 4.79 Å². The topological polar surface area (TPSA) is 67.2 Å². The monoisotopic (exact) mass is 376 g/mol. The molecule has 0 saturated heterocycles. The van der Waals surface area contributed by atoms with Crippen molar-refractivity contribution in [2.45, 2.75) is 25.9 Å². The number of fused-ring (bicyclic) bond motifs is 2. The van der Waals surface area contributed by atoms with Gasteiger partial charge in [-0.1, -0.05) is 36.4 Å². The molecule has 1 N–H and O–H groups in total. The van der Waals surface area contributed by atoms with Gasteiger partial charge in [0.15, 0.2) is 0 Å². The summed E-state index contributed by atoms with van der Waals surface area (Å²) in [6.45, 7) is 3.73. The summed E-state index contributed by atoms with van der Waals surface area (Å²) in [7, 11) is 0. The molecule has 1 amide bonds. The van der Waals surface area contributed by atoms with Gasteiger partial charge in [-0.15, -0.1) is 0 Å². The minimum atomic E-state index is -0.106. The Morgan fingerprint density at radius 1 is 1.04 bits per heavy atom. The lowest BCUT2D eigenvalue weighted by atomic mass is 10.00. The van der Waals surface area contributed by atoms with E-state index in [0.29, 0.717) is 24.0 Å². The smallest absolute Gasteiger partial charge is 0.261 e. The molecule has 6 nitrogen and oxygen atoms in total. The van der Waals surface area contributed by atoms with Crippen molar-refractivity contribution in [2.24, 2.45) is 0 Å². The van der Waals surface area contributed by atoms with Crippen LogP contribution in [-0.4, -0.2) is 40.0 Å². The maximum Gasteiger partial charge on any atom is 0.261 e. The fourth-order valence-corrected chi connectivity index (χ4v) is 3.67. The molecule has 0 spiro atoms. The van der Waals surface area contributed by atoms with E-state index in [1.54, 1.807) is 6.07 Å². The van der Waals surface area contributed by atoms with Gasteiger partial charge in [0, 0.05) is 39.1 Å². The summed E-state index contributed by atoms with van der Waals surface area (Å²) in [5.41, 5.74) is 3.38. The van der Waals surface area contributed by atoms with E-state index in [0.717, 1.165) is 26.1 Å². The summed E-state index contributed by atoms with van der Waals surface area (Å²) in [4.78, 5) is 31.3. The molecule has 0 aliphatic carbocycles. The second kappa shape index (κ2) is 8.35. The molecule has 6 heteroatoms. The minimum absolute atomic E-state index is 0.0440. The van der Waals surface area contributed by atoms with Crippen molar-refractivity contribution in [3.05, 3.63) is 76.3 Å². The molecule has 4 rings (SSSR count). The lowest BCUT2D eigenvalue weighted by Crippen LogP contribution is -2.38. The van der Waals surface area contributed by atoms with Gasteiger partial charge in [0.2, 0.25) is 5.91 Å². The number of hydrogen-bond donors (Lipinski definition) is 1. The lowest BCUT2D eigenvalue weighted by Gasteiger charge is -2.28. The highest BCUT2D eigenvalue weighted by atomic mass is 16.1. The van der Waals surface area contributed by atoms with Gasteiger partial charge >= 0.3 is 0 Å². The van der Waals surface area contributed by atoms with Crippen LogP contribution < -0.4 is 10.9 Å². The predicted molar refractivity (Wildman–Crippen MR) is 109 cm³/mol.